The molecule has 0 bridgehead atoms. The average molecular weight is 393 g/mol. The van der Waals surface area contributed by atoms with Crippen LogP contribution in [0.4, 0.5) is 0 Å². The summed E-state index contributed by atoms with van der Waals surface area (Å²) in [5.74, 6) is 0. The molecule has 26 heavy (non-hydrogen) atoms. The highest BCUT2D eigenvalue weighted by Crippen LogP contribution is 2.28. The molecule has 1 aliphatic heterocycles. The van der Waals surface area contributed by atoms with Crippen molar-refractivity contribution in [2.75, 3.05) is 19.6 Å². The lowest BCUT2D eigenvalue weighted by Gasteiger charge is -2.27. The Balaban J connectivity index is 1.73. The van der Waals surface area contributed by atoms with Crippen LogP contribution in [0.25, 0.3) is 0 Å². The van der Waals surface area contributed by atoms with Crippen molar-refractivity contribution in [3.05, 3.63) is 52.2 Å². The van der Waals surface area contributed by atoms with Crippen molar-refractivity contribution in [3.63, 3.8) is 0 Å². The van der Waals surface area contributed by atoms with Crippen molar-refractivity contribution in [1.29, 1.82) is 0 Å². The van der Waals surface area contributed by atoms with E-state index in [4.69, 9.17) is 0 Å². The first kappa shape index (κ1) is 19.5. The van der Waals surface area contributed by atoms with Crippen LogP contribution in [0.1, 0.15) is 50.1 Å². The number of hydrogen-bond donors (Lipinski definition) is 1. The fourth-order valence-electron chi connectivity index (χ4n) is 3.35. The van der Waals surface area contributed by atoms with Crippen molar-refractivity contribution < 1.29 is 8.42 Å². The second-order valence-corrected chi connectivity index (χ2v) is 10.6. The van der Waals surface area contributed by atoms with Crippen molar-refractivity contribution >= 4 is 21.4 Å². The van der Waals surface area contributed by atoms with Crippen LogP contribution in [0.15, 0.2) is 46.7 Å². The summed E-state index contributed by atoms with van der Waals surface area (Å²) in [6.45, 7) is 8.84. The highest BCUT2D eigenvalue weighted by molar-refractivity contribution is 7.89. The summed E-state index contributed by atoms with van der Waals surface area (Å²) in [6.07, 6.45) is 2.37. The number of nitrogens with one attached hydrogen (secondary N) is 1. The summed E-state index contributed by atoms with van der Waals surface area (Å²) < 4.78 is 28.3. The summed E-state index contributed by atoms with van der Waals surface area (Å²) >= 11 is 1.69. The Hall–Kier alpha value is -1.21. The van der Waals surface area contributed by atoms with Crippen molar-refractivity contribution in [2.45, 2.75) is 50.0 Å². The number of rotatable bonds is 6. The monoisotopic (exact) mass is 392 g/mol. The maximum Gasteiger partial charge on any atom is 0.240 e. The van der Waals surface area contributed by atoms with E-state index in [-0.39, 0.29) is 11.5 Å². The normalized spacial score (nSPS) is 17.5. The summed E-state index contributed by atoms with van der Waals surface area (Å²) in [7, 11) is -3.51. The zero-order chi connectivity index (χ0) is 18.8. The van der Waals surface area contributed by atoms with Gasteiger partial charge in [-0.15, -0.1) is 11.3 Å². The molecule has 1 fully saturated rings. The predicted molar refractivity (Wildman–Crippen MR) is 108 cm³/mol. The molecule has 2 aromatic rings. The number of hydrogen-bond acceptors (Lipinski definition) is 4. The van der Waals surface area contributed by atoms with E-state index in [0.717, 1.165) is 18.7 Å². The fourth-order valence-corrected chi connectivity index (χ4v) is 5.25. The van der Waals surface area contributed by atoms with Crippen LogP contribution in [0.2, 0.25) is 0 Å². The molecule has 3 rings (SSSR count). The van der Waals surface area contributed by atoms with Gasteiger partial charge in [0, 0.05) is 11.4 Å². The van der Waals surface area contributed by atoms with Crippen LogP contribution in [0.5, 0.6) is 0 Å². The number of thiophene rings is 1. The van der Waals surface area contributed by atoms with Crippen LogP contribution < -0.4 is 4.72 Å². The molecule has 1 atom stereocenters. The van der Waals surface area contributed by atoms with Crippen molar-refractivity contribution in [3.8, 4) is 0 Å². The van der Waals surface area contributed by atoms with E-state index >= 15 is 0 Å². The van der Waals surface area contributed by atoms with E-state index in [1.54, 1.807) is 23.5 Å². The molecule has 2 heterocycles. The summed E-state index contributed by atoms with van der Waals surface area (Å²) in [6, 6.07) is 11.5. The second kappa shape index (κ2) is 7.80. The van der Waals surface area contributed by atoms with Gasteiger partial charge >= 0.3 is 0 Å². The molecule has 1 aliphatic rings. The Morgan fingerprint density at radius 2 is 1.77 bits per heavy atom. The van der Waals surface area contributed by atoms with Gasteiger partial charge in [-0.3, -0.25) is 4.90 Å². The molecule has 1 saturated heterocycles. The van der Waals surface area contributed by atoms with E-state index in [0.29, 0.717) is 11.4 Å². The Morgan fingerprint density at radius 1 is 1.12 bits per heavy atom. The van der Waals surface area contributed by atoms with Crippen LogP contribution >= 0.6 is 11.3 Å². The van der Waals surface area contributed by atoms with Crippen LogP contribution in [0.3, 0.4) is 0 Å². The van der Waals surface area contributed by atoms with Gasteiger partial charge in [0.25, 0.3) is 0 Å². The lowest BCUT2D eigenvalue weighted by atomic mass is 9.87. The third-order valence-electron chi connectivity index (χ3n) is 4.95. The molecule has 0 radical (unpaired) electrons. The minimum atomic E-state index is -3.51. The first-order valence-corrected chi connectivity index (χ1v) is 11.5. The Labute approximate surface area is 161 Å². The molecule has 142 valence electrons. The number of sulfonamides is 1. The van der Waals surface area contributed by atoms with Crippen LogP contribution in [0, 0.1) is 0 Å². The molecule has 1 aromatic heterocycles. The van der Waals surface area contributed by atoms with E-state index < -0.39 is 10.0 Å². The Kier molecular flexibility index (Phi) is 5.87. The molecule has 4 nitrogen and oxygen atoms in total. The van der Waals surface area contributed by atoms with Crippen LogP contribution in [-0.4, -0.2) is 33.0 Å². The molecule has 0 saturated carbocycles. The molecule has 1 unspecified atom stereocenters. The first-order chi connectivity index (χ1) is 12.3. The maximum atomic E-state index is 12.8. The van der Waals surface area contributed by atoms with Gasteiger partial charge in [-0.05, 0) is 60.5 Å². The maximum absolute atomic E-state index is 12.8. The topological polar surface area (TPSA) is 49.4 Å². The first-order valence-electron chi connectivity index (χ1n) is 9.15. The van der Waals surface area contributed by atoms with E-state index in [1.807, 2.05) is 18.2 Å². The fraction of sp³-hybridized carbons (Fsp3) is 0.500. The average Bonchev–Trinajstić information content (AvgIpc) is 3.28. The SMILES string of the molecule is CC(C)(C)c1ccc(S(=O)(=O)NCC(c2cccs2)N2CCCC2)cc1. The summed E-state index contributed by atoms with van der Waals surface area (Å²) in [4.78, 5) is 3.94. The smallest absolute Gasteiger partial charge is 0.240 e. The number of likely N-dealkylation sites (tertiary alicyclic amines) is 1. The van der Waals surface area contributed by atoms with E-state index in [2.05, 4.69) is 41.8 Å². The molecule has 0 spiro atoms. The quantitative estimate of drug-likeness (QED) is 0.803. The molecule has 1 aromatic carbocycles. The molecule has 6 heteroatoms. The zero-order valence-electron chi connectivity index (χ0n) is 15.7. The molecular weight excluding hydrogens is 364 g/mol. The second-order valence-electron chi connectivity index (χ2n) is 7.90. The van der Waals surface area contributed by atoms with Gasteiger partial charge in [0.15, 0.2) is 0 Å². The van der Waals surface area contributed by atoms with Crippen molar-refractivity contribution in [2.24, 2.45) is 0 Å². The minimum absolute atomic E-state index is 0.00966. The molecule has 0 amide bonds. The zero-order valence-corrected chi connectivity index (χ0v) is 17.4. The number of nitrogens with zero attached hydrogens (tertiary/aromatic N) is 1. The lowest BCUT2D eigenvalue weighted by molar-refractivity contribution is 0.250. The molecule has 0 aliphatic carbocycles. The van der Waals surface area contributed by atoms with Gasteiger partial charge in [-0.2, -0.15) is 0 Å². The van der Waals surface area contributed by atoms with Crippen molar-refractivity contribution in [1.82, 2.24) is 9.62 Å². The third-order valence-corrected chi connectivity index (χ3v) is 7.36. The van der Waals surface area contributed by atoms with Gasteiger partial charge < -0.3 is 0 Å². The Bertz CT molecular complexity index is 800. The lowest BCUT2D eigenvalue weighted by Crippen LogP contribution is -2.36. The number of benzene rings is 1. The Morgan fingerprint density at radius 3 is 2.31 bits per heavy atom. The van der Waals surface area contributed by atoms with E-state index in [1.165, 1.54) is 17.7 Å². The van der Waals surface area contributed by atoms with E-state index in [9.17, 15) is 8.42 Å². The molecule has 1 N–H and O–H groups in total. The summed E-state index contributed by atoms with van der Waals surface area (Å²) in [5, 5.41) is 2.05. The molecular formula is C20H28N2O2S2. The minimum Gasteiger partial charge on any atom is -0.294 e. The highest BCUT2D eigenvalue weighted by atomic mass is 32.2. The van der Waals surface area contributed by atoms with Crippen LogP contribution in [-0.2, 0) is 15.4 Å². The van der Waals surface area contributed by atoms with Gasteiger partial charge in [0.1, 0.15) is 0 Å². The largest absolute Gasteiger partial charge is 0.294 e. The van der Waals surface area contributed by atoms with Gasteiger partial charge in [-0.25, -0.2) is 13.1 Å². The van der Waals surface area contributed by atoms with Gasteiger partial charge in [0.2, 0.25) is 10.0 Å². The highest BCUT2D eigenvalue weighted by Gasteiger charge is 2.26. The summed E-state index contributed by atoms with van der Waals surface area (Å²) in [5.41, 5.74) is 1.14. The predicted octanol–water partition coefficient (Wildman–Crippen LogP) is 4.16. The third kappa shape index (κ3) is 4.55. The van der Waals surface area contributed by atoms with Gasteiger partial charge in [0.05, 0.1) is 10.9 Å². The standard InChI is InChI=1S/C20H28N2O2S2/c1-20(2,3)16-8-10-17(11-9-16)26(23,24)21-15-18(19-7-6-14-25-19)22-12-4-5-13-22/h6-11,14,18,21H,4-5,12-13,15H2,1-3H3. The van der Waals surface area contributed by atoms with Gasteiger partial charge in [-0.1, -0.05) is 39.0 Å².